The predicted molar refractivity (Wildman–Crippen MR) is 64.1 cm³/mol. The number of β-amino-alcohol motifs (C(OH)–C–C–N with tert-alkyl or cyclic N) is 1. The molecule has 1 saturated carbocycles. The first-order chi connectivity index (χ1) is 8.41. The lowest BCUT2D eigenvalue weighted by molar-refractivity contribution is -0.141. The minimum absolute atomic E-state index is 0.0967. The van der Waals surface area contributed by atoms with Crippen LogP contribution in [0, 0.1) is 5.41 Å². The number of carbonyl (C=O) groups excluding carboxylic acids is 1. The fraction of sp³-hybridized carbons (Fsp3) is 0.833. The summed E-state index contributed by atoms with van der Waals surface area (Å²) in [5.41, 5.74) is 0.159. The summed E-state index contributed by atoms with van der Waals surface area (Å²) in [5.74, 6) is -1.06. The average Bonchev–Trinajstić information content (AvgIpc) is 2.66. The highest BCUT2D eigenvalue weighted by molar-refractivity contribution is 5.83. The molecule has 2 amide bonds. The van der Waals surface area contributed by atoms with E-state index in [1.54, 1.807) is 0 Å². The van der Waals surface area contributed by atoms with Gasteiger partial charge in [0.05, 0.1) is 6.10 Å². The number of hydrogen-bond donors (Lipinski definition) is 3. The van der Waals surface area contributed by atoms with Crippen molar-refractivity contribution in [3.8, 4) is 0 Å². The van der Waals surface area contributed by atoms with Crippen LogP contribution in [0.5, 0.6) is 0 Å². The minimum Gasteiger partial charge on any atom is -0.480 e. The maximum Gasteiger partial charge on any atom is 0.326 e. The Kier molecular flexibility index (Phi) is 3.47. The van der Waals surface area contributed by atoms with Gasteiger partial charge in [-0.2, -0.15) is 0 Å². The number of carboxylic acid groups (broad SMARTS) is 1. The summed E-state index contributed by atoms with van der Waals surface area (Å²) in [5, 5.41) is 21.3. The van der Waals surface area contributed by atoms with Crippen LogP contribution in [0.1, 0.15) is 32.6 Å². The van der Waals surface area contributed by atoms with Crippen molar-refractivity contribution in [2.45, 2.75) is 44.8 Å². The van der Waals surface area contributed by atoms with Crippen LogP contribution in [0.15, 0.2) is 0 Å². The van der Waals surface area contributed by atoms with Crippen molar-refractivity contribution in [1.29, 1.82) is 0 Å². The molecule has 1 aliphatic heterocycles. The zero-order valence-corrected chi connectivity index (χ0v) is 10.6. The molecule has 2 rings (SSSR count). The zero-order valence-electron chi connectivity index (χ0n) is 10.6. The van der Waals surface area contributed by atoms with E-state index in [-0.39, 0.29) is 24.4 Å². The lowest BCUT2D eigenvalue weighted by Crippen LogP contribution is -2.49. The van der Waals surface area contributed by atoms with Gasteiger partial charge >= 0.3 is 12.0 Å². The molecule has 2 aliphatic rings. The molecule has 0 bridgehead atoms. The van der Waals surface area contributed by atoms with Gasteiger partial charge in [0.15, 0.2) is 0 Å². The summed E-state index contributed by atoms with van der Waals surface area (Å²) < 4.78 is 0. The fourth-order valence-corrected chi connectivity index (χ4v) is 2.62. The van der Waals surface area contributed by atoms with Crippen molar-refractivity contribution >= 4 is 12.0 Å². The minimum atomic E-state index is -1.06. The van der Waals surface area contributed by atoms with Gasteiger partial charge in [-0.25, -0.2) is 9.59 Å². The van der Waals surface area contributed by atoms with Gasteiger partial charge in [-0.3, -0.25) is 0 Å². The summed E-state index contributed by atoms with van der Waals surface area (Å²) in [6, 6.07) is -1.29. The highest BCUT2D eigenvalue weighted by atomic mass is 16.4. The SMILES string of the molecule is CC1(CNC(=O)N2C[C@H](O)C[C@@H]2C(=O)O)CCC1. The van der Waals surface area contributed by atoms with Crippen molar-refractivity contribution in [2.24, 2.45) is 5.41 Å². The number of carbonyl (C=O) groups is 2. The molecular formula is C12H20N2O4. The van der Waals surface area contributed by atoms with Crippen molar-refractivity contribution in [3.05, 3.63) is 0 Å². The third-order valence-corrected chi connectivity index (χ3v) is 4.05. The molecule has 3 N–H and O–H groups in total. The molecule has 0 spiro atoms. The first-order valence-electron chi connectivity index (χ1n) is 6.37. The molecule has 0 unspecified atom stereocenters. The van der Waals surface area contributed by atoms with Crippen LogP contribution >= 0.6 is 0 Å². The quantitative estimate of drug-likeness (QED) is 0.682. The first kappa shape index (κ1) is 13.1. The molecule has 0 aromatic heterocycles. The molecule has 0 aromatic rings. The van der Waals surface area contributed by atoms with Crippen LogP contribution in [-0.2, 0) is 4.79 Å². The topological polar surface area (TPSA) is 89.9 Å². The van der Waals surface area contributed by atoms with Crippen LogP contribution in [0.2, 0.25) is 0 Å². The first-order valence-corrected chi connectivity index (χ1v) is 6.37. The van der Waals surface area contributed by atoms with Gasteiger partial charge in [0.1, 0.15) is 6.04 Å². The van der Waals surface area contributed by atoms with E-state index in [2.05, 4.69) is 12.2 Å². The highest BCUT2D eigenvalue weighted by Gasteiger charge is 2.40. The number of amides is 2. The van der Waals surface area contributed by atoms with E-state index in [0.717, 1.165) is 12.8 Å². The molecule has 1 saturated heterocycles. The smallest absolute Gasteiger partial charge is 0.326 e. The van der Waals surface area contributed by atoms with Gasteiger partial charge < -0.3 is 20.4 Å². The van der Waals surface area contributed by atoms with Crippen molar-refractivity contribution < 1.29 is 19.8 Å². The Labute approximate surface area is 106 Å². The number of nitrogens with one attached hydrogen (secondary N) is 1. The van der Waals surface area contributed by atoms with Gasteiger partial charge in [-0.05, 0) is 18.3 Å². The number of aliphatic carboxylic acids is 1. The number of nitrogens with zero attached hydrogens (tertiary/aromatic N) is 1. The van der Waals surface area contributed by atoms with E-state index in [0.29, 0.717) is 6.54 Å². The lowest BCUT2D eigenvalue weighted by atomic mass is 9.70. The summed E-state index contributed by atoms with van der Waals surface area (Å²) in [7, 11) is 0. The van der Waals surface area contributed by atoms with Crippen LogP contribution in [0.4, 0.5) is 4.79 Å². The Balaban J connectivity index is 1.89. The number of carboxylic acids is 1. The Bertz CT molecular complexity index is 354. The van der Waals surface area contributed by atoms with E-state index < -0.39 is 18.1 Å². The zero-order chi connectivity index (χ0) is 13.3. The summed E-state index contributed by atoms with van der Waals surface area (Å²) in [6.45, 7) is 2.79. The monoisotopic (exact) mass is 256 g/mol. The normalized spacial score (nSPS) is 29.8. The van der Waals surface area contributed by atoms with E-state index in [1.807, 2.05) is 0 Å². The number of hydrogen-bond acceptors (Lipinski definition) is 3. The number of urea groups is 1. The largest absolute Gasteiger partial charge is 0.480 e. The van der Waals surface area contributed by atoms with E-state index in [1.165, 1.54) is 11.3 Å². The van der Waals surface area contributed by atoms with Crippen LogP contribution in [-0.4, -0.2) is 52.3 Å². The molecule has 6 nitrogen and oxygen atoms in total. The van der Waals surface area contributed by atoms with Gasteiger partial charge in [0, 0.05) is 19.5 Å². The molecule has 2 atom stereocenters. The second kappa shape index (κ2) is 4.76. The standard InChI is InChI=1S/C12H20N2O4/c1-12(3-2-4-12)7-13-11(18)14-6-8(15)5-9(14)10(16)17/h8-9,15H,2-7H2,1H3,(H,13,18)(H,16,17)/t8-,9-/m1/s1. The summed E-state index contributed by atoms with van der Waals surface area (Å²) >= 11 is 0. The van der Waals surface area contributed by atoms with Crippen molar-refractivity contribution in [2.75, 3.05) is 13.1 Å². The summed E-state index contributed by atoms with van der Waals surface area (Å²) in [4.78, 5) is 24.1. The number of aliphatic hydroxyl groups excluding tert-OH is 1. The molecule has 6 heteroatoms. The van der Waals surface area contributed by atoms with Gasteiger partial charge in [-0.1, -0.05) is 13.3 Å². The molecular weight excluding hydrogens is 236 g/mol. The number of likely N-dealkylation sites (tertiary alicyclic amines) is 1. The maximum atomic E-state index is 11.9. The van der Waals surface area contributed by atoms with Gasteiger partial charge in [0.2, 0.25) is 0 Å². The fourth-order valence-electron chi connectivity index (χ4n) is 2.62. The van der Waals surface area contributed by atoms with Crippen LogP contribution in [0.25, 0.3) is 0 Å². The highest BCUT2D eigenvalue weighted by Crippen LogP contribution is 2.39. The van der Waals surface area contributed by atoms with Gasteiger partial charge in [-0.15, -0.1) is 0 Å². The Morgan fingerprint density at radius 2 is 2.11 bits per heavy atom. The van der Waals surface area contributed by atoms with Crippen LogP contribution in [0.3, 0.4) is 0 Å². The van der Waals surface area contributed by atoms with Crippen molar-refractivity contribution in [1.82, 2.24) is 10.2 Å². The third-order valence-electron chi connectivity index (χ3n) is 4.05. The second-order valence-electron chi connectivity index (χ2n) is 5.72. The molecule has 1 heterocycles. The molecule has 1 aliphatic carbocycles. The maximum absolute atomic E-state index is 11.9. The molecule has 2 fully saturated rings. The average molecular weight is 256 g/mol. The third kappa shape index (κ3) is 2.58. The van der Waals surface area contributed by atoms with Crippen molar-refractivity contribution in [3.63, 3.8) is 0 Å². The Morgan fingerprint density at radius 3 is 2.61 bits per heavy atom. The number of aliphatic hydroxyl groups is 1. The lowest BCUT2D eigenvalue weighted by Gasteiger charge is -2.38. The summed E-state index contributed by atoms with van der Waals surface area (Å²) in [6.07, 6.45) is 2.75. The predicted octanol–water partition coefficient (Wildman–Crippen LogP) is 0.406. The number of rotatable bonds is 3. The van der Waals surface area contributed by atoms with Gasteiger partial charge in [0.25, 0.3) is 0 Å². The molecule has 18 heavy (non-hydrogen) atoms. The molecule has 0 radical (unpaired) electrons. The van der Waals surface area contributed by atoms with Crippen LogP contribution < -0.4 is 5.32 Å². The Morgan fingerprint density at radius 1 is 1.44 bits per heavy atom. The van der Waals surface area contributed by atoms with E-state index in [9.17, 15) is 14.7 Å². The Hall–Kier alpha value is -1.30. The molecule has 102 valence electrons. The van der Waals surface area contributed by atoms with E-state index >= 15 is 0 Å². The second-order valence-corrected chi connectivity index (χ2v) is 5.72. The van der Waals surface area contributed by atoms with E-state index in [4.69, 9.17) is 5.11 Å². The molecule has 0 aromatic carbocycles.